The first kappa shape index (κ1) is 15.9. The second kappa shape index (κ2) is 7.54. The highest BCUT2D eigenvalue weighted by molar-refractivity contribution is 14.1. The van der Waals surface area contributed by atoms with Crippen molar-refractivity contribution in [1.29, 1.82) is 0 Å². The van der Waals surface area contributed by atoms with Gasteiger partial charge in [-0.15, -0.1) is 11.3 Å². The van der Waals surface area contributed by atoms with Crippen molar-refractivity contribution in [1.82, 2.24) is 5.32 Å². The Bertz CT molecular complexity index is 556. The summed E-state index contributed by atoms with van der Waals surface area (Å²) >= 11 is 11.3. The summed E-state index contributed by atoms with van der Waals surface area (Å²) in [5.74, 6) is 0. The van der Waals surface area contributed by atoms with Crippen molar-refractivity contribution in [3.05, 3.63) is 52.6 Å². The van der Waals surface area contributed by atoms with Crippen LogP contribution in [-0.2, 0) is 0 Å². The maximum absolute atomic E-state index is 3.67. The molecule has 0 spiro atoms. The van der Waals surface area contributed by atoms with Gasteiger partial charge in [0.2, 0.25) is 0 Å². The Labute approximate surface area is 148 Å². The van der Waals surface area contributed by atoms with Crippen LogP contribution in [0.15, 0.2) is 37.9 Å². The lowest BCUT2D eigenvalue weighted by atomic mass is 10.0. The van der Waals surface area contributed by atoms with Crippen LogP contribution in [0.1, 0.15) is 30.5 Å². The molecule has 1 aromatic heterocycles. The molecule has 0 amide bonds. The topological polar surface area (TPSA) is 12.0 Å². The minimum atomic E-state index is 0.242. The molecule has 102 valence electrons. The van der Waals surface area contributed by atoms with E-state index in [-0.39, 0.29) is 6.04 Å². The molecule has 19 heavy (non-hydrogen) atoms. The molecule has 5 heteroatoms. The Hall–Kier alpha value is 0.570. The van der Waals surface area contributed by atoms with E-state index in [1.165, 1.54) is 18.5 Å². The summed E-state index contributed by atoms with van der Waals surface area (Å²) in [6, 6.07) is 11.1. The molecule has 0 fully saturated rings. The van der Waals surface area contributed by atoms with E-state index in [1.54, 1.807) is 11.3 Å². The Morgan fingerprint density at radius 2 is 2.11 bits per heavy atom. The van der Waals surface area contributed by atoms with Crippen LogP contribution in [0.5, 0.6) is 0 Å². The predicted molar refractivity (Wildman–Crippen MR) is 99.0 cm³/mol. The Kier molecular flexibility index (Phi) is 6.33. The van der Waals surface area contributed by atoms with Gasteiger partial charge < -0.3 is 5.32 Å². The summed E-state index contributed by atoms with van der Waals surface area (Å²) in [6.45, 7) is 3.20. The molecule has 1 N–H and O–H groups in total. The normalized spacial score (nSPS) is 12.6. The molecule has 1 aromatic carbocycles. The monoisotopic (exact) mass is 513 g/mol. The van der Waals surface area contributed by atoms with E-state index in [2.05, 4.69) is 97.0 Å². The zero-order valence-electron chi connectivity index (χ0n) is 10.4. The fraction of sp³-hybridized carbons (Fsp3) is 0.286. The van der Waals surface area contributed by atoms with Crippen molar-refractivity contribution < 1.29 is 0 Å². The fourth-order valence-electron chi connectivity index (χ4n) is 1.93. The van der Waals surface area contributed by atoms with Crippen molar-refractivity contribution in [2.45, 2.75) is 19.4 Å². The van der Waals surface area contributed by atoms with Crippen LogP contribution in [0.3, 0.4) is 0 Å². The molecule has 0 aliphatic rings. The van der Waals surface area contributed by atoms with Crippen LogP contribution in [-0.4, -0.2) is 6.54 Å². The summed E-state index contributed by atoms with van der Waals surface area (Å²) in [6.07, 6.45) is 1.13. The first-order valence-corrected chi connectivity index (χ1v) is 9.53. The maximum Gasteiger partial charge on any atom is 0.0761 e. The van der Waals surface area contributed by atoms with Gasteiger partial charge in [-0.25, -0.2) is 0 Å². The predicted octanol–water partition coefficient (Wildman–Crippen LogP) is 5.97. The zero-order chi connectivity index (χ0) is 13.8. The van der Waals surface area contributed by atoms with Crippen molar-refractivity contribution in [3.8, 4) is 0 Å². The average Bonchev–Trinajstić information content (AvgIpc) is 2.69. The first-order valence-electron chi connectivity index (χ1n) is 6.05. The maximum atomic E-state index is 3.67. The van der Waals surface area contributed by atoms with Crippen LogP contribution in [0.4, 0.5) is 0 Å². The summed E-state index contributed by atoms with van der Waals surface area (Å²) in [4.78, 5) is 0. The highest BCUT2D eigenvalue weighted by Crippen LogP contribution is 2.38. The quantitative estimate of drug-likeness (QED) is 0.485. The van der Waals surface area contributed by atoms with E-state index in [1.807, 2.05) is 0 Å². The van der Waals surface area contributed by atoms with Gasteiger partial charge in [0, 0.05) is 3.57 Å². The number of thiophene rings is 1. The number of hydrogen-bond donors (Lipinski definition) is 1. The third-order valence-corrected chi connectivity index (χ3v) is 5.83. The lowest BCUT2D eigenvalue weighted by Gasteiger charge is -2.19. The van der Waals surface area contributed by atoms with Gasteiger partial charge in [-0.3, -0.25) is 0 Å². The summed E-state index contributed by atoms with van der Waals surface area (Å²) in [7, 11) is 0. The minimum Gasteiger partial charge on any atom is -0.306 e. The average molecular weight is 515 g/mol. The van der Waals surface area contributed by atoms with E-state index in [4.69, 9.17) is 0 Å². The SMILES string of the molecule is CCCNC(c1cccc(I)c1)c1cc(Br)sc1Br. The van der Waals surface area contributed by atoms with Gasteiger partial charge in [-0.1, -0.05) is 19.1 Å². The highest BCUT2D eigenvalue weighted by atomic mass is 127. The first-order chi connectivity index (χ1) is 9.11. The van der Waals surface area contributed by atoms with E-state index in [0.29, 0.717) is 0 Å². The molecule has 0 bridgehead atoms. The van der Waals surface area contributed by atoms with Crippen LogP contribution < -0.4 is 5.32 Å². The van der Waals surface area contributed by atoms with Gasteiger partial charge >= 0.3 is 0 Å². The van der Waals surface area contributed by atoms with Crippen LogP contribution >= 0.6 is 65.8 Å². The molecule has 2 aromatic rings. The summed E-state index contributed by atoms with van der Waals surface area (Å²) < 4.78 is 3.61. The lowest BCUT2D eigenvalue weighted by molar-refractivity contribution is 0.598. The molecule has 1 nitrogen and oxygen atoms in total. The van der Waals surface area contributed by atoms with Gasteiger partial charge in [0.1, 0.15) is 0 Å². The number of benzene rings is 1. The molecule has 1 unspecified atom stereocenters. The Morgan fingerprint density at radius 1 is 1.32 bits per heavy atom. The standard InChI is InChI=1S/C14H14Br2INS/c1-2-6-18-13(9-4-3-5-10(17)7-9)11-8-12(15)19-14(11)16/h3-5,7-8,13,18H,2,6H2,1H3. The molecule has 1 atom stereocenters. The molecule has 0 saturated heterocycles. The largest absolute Gasteiger partial charge is 0.306 e. The van der Waals surface area contributed by atoms with Gasteiger partial charge in [-0.2, -0.15) is 0 Å². The molecule has 2 rings (SSSR count). The third-order valence-electron chi connectivity index (χ3n) is 2.77. The van der Waals surface area contributed by atoms with Crippen molar-refractivity contribution in [2.24, 2.45) is 0 Å². The molecule has 0 saturated carbocycles. The Balaban J connectivity index is 2.38. The summed E-state index contributed by atoms with van der Waals surface area (Å²) in [5, 5.41) is 3.64. The zero-order valence-corrected chi connectivity index (χ0v) is 16.6. The van der Waals surface area contributed by atoms with E-state index >= 15 is 0 Å². The Morgan fingerprint density at radius 3 is 2.68 bits per heavy atom. The van der Waals surface area contributed by atoms with Crippen molar-refractivity contribution in [2.75, 3.05) is 6.54 Å². The second-order valence-corrected chi connectivity index (χ2v) is 9.22. The highest BCUT2D eigenvalue weighted by Gasteiger charge is 2.18. The van der Waals surface area contributed by atoms with Gasteiger partial charge in [0.15, 0.2) is 0 Å². The van der Waals surface area contributed by atoms with Gasteiger partial charge in [-0.05, 0) is 96.7 Å². The molecule has 0 aliphatic carbocycles. The van der Waals surface area contributed by atoms with Crippen molar-refractivity contribution in [3.63, 3.8) is 0 Å². The molecule has 1 heterocycles. The number of rotatable bonds is 5. The smallest absolute Gasteiger partial charge is 0.0761 e. The summed E-state index contributed by atoms with van der Waals surface area (Å²) in [5.41, 5.74) is 2.61. The van der Waals surface area contributed by atoms with Crippen LogP contribution in [0.2, 0.25) is 0 Å². The fourth-order valence-corrected chi connectivity index (χ4v) is 5.40. The van der Waals surface area contributed by atoms with E-state index in [0.717, 1.165) is 16.8 Å². The molecule has 0 radical (unpaired) electrons. The molecular weight excluding hydrogens is 501 g/mol. The molecule has 0 aliphatic heterocycles. The second-order valence-electron chi connectivity index (χ2n) is 4.22. The van der Waals surface area contributed by atoms with Gasteiger partial charge in [0.25, 0.3) is 0 Å². The number of nitrogens with one attached hydrogen (secondary N) is 1. The van der Waals surface area contributed by atoms with E-state index < -0.39 is 0 Å². The number of halogens is 3. The lowest BCUT2D eigenvalue weighted by Crippen LogP contribution is -2.23. The third kappa shape index (κ3) is 4.27. The molecular formula is C14H14Br2INS. The number of hydrogen-bond acceptors (Lipinski definition) is 2. The van der Waals surface area contributed by atoms with Gasteiger partial charge in [0.05, 0.1) is 13.6 Å². The van der Waals surface area contributed by atoms with E-state index in [9.17, 15) is 0 Å². The van der Waals surface area contributed by atoms with Crippen LogP contribution in [0, 0.1) is 3.57 Å². The minimum absolute atomic E-state index is 0.242. The van der Waals surface area contributed by atoms with Crippen molar-refractivity contribution >= 4 is 65.8 Å². The van der Waals surface area contributed by atoms with Crippen LogP contribution in [0.25, 0.3) is 0 Å².